The van der Waals surface area contributed by atoms with Crippen molar-refractivity contribution < 1.29 is 54.1 Å². The van der Waals surface area contributed by atoms with Gasteiger partial charge in [0.1, 0.15) is 0 Å². The lowest BCUT2D eigenvalue weighted by atomic mass is 9.65. The van der Waals surface area contributed by atoms with Gasteiger partial charge in [0.15, 0.2) is 57.7 Å². The molecule has 0 heterocycles. The summed E-state index contributed by atoms with van der Waals surface area (Å²) in [5.41, 5.74) is -14.6. The quantitative estimate of drug-likeness (QED) is 0.177. The van der Waals surface area contributed by atoms with Crippen molar-refractivity contribution in [3.8, 4) is 0 Å². The van der Waals surface area contributed by atoms with Gasteiger partial charge in [-0.15, -0.1) is 0 Å². The van der Waals surface area contributed by atoms with Gasteiger partial charge in [0, 0.05) is 0 Å². The Hall–Kier alpha value is -3.90. The normalized spacial score (nSPS) is 14.7. The van der Waals surface area contributed by atoms with Crippen LogP contribution < -0.4 is 0 Å². The molecule has 198 valence electrons. The zero-order valence-electron chi connectivity index (χ0n) is 18.4. The summed E-state index contributed by atoms with van der Waals surface area (Å²) in [6, 6.07) is 9.68. The molecule has 38 heavy (non-hydrogen) atoms. The third-order valence-electron chi connectivity index (χ3n) is 6.05. The molecule has 0 aliphatic rings. The highest BCUT2D eigenvalue weighted by atomic mass is 19.2. The molecule has 0 fully saturated rings. The van der Waals surface area contributed by atoms with Crippen molar-refractivity contribution in [3.63, 3.8) is 0 Å². The Morgan fingerprint density at radius 1 is 0.342 bits per heavy atom. The first-order valence-corrected chi connectivity index (χ1v) is 10.4. The lowest BCUT2D eigenvalue weighted by Gasteiger charge is -2.45. The third kappa shape index (κ3) is 3.58. The second kappa shape index (κ2) is 9.44. The Kier molecular flexibility index (Phi) is 6.74. The van der Waals surface area contributed by atoms with Crippen molar-refractivity contribution in [2.75, 3.05) is 0 Å². The first-order chi connectivity index (χ1) is 17.8. The summed E-state index contributed by atoms with van der Waals surface area (Å²) in [4.78, 5) is 0. The number of rotatable bonds is 5. The van der Waals surface area contributed by atoms with Crippen LogP contribution >= 0.6 is 0 Å². The molecule has 0 saturated carbocycles. The van der Waals surface area contributed by atoms with Crippen LogP contribution in [-0.4, -0.2) is 10.2 Å². The summed E-state index contributed by atoms with van der Waals surface area (Å²) >= 11 is 0. The fourth-order valence-corrected chi connectivity index (χ4v) is 4.27. The van der Waals surface area contributed by atoms with Gasteiger partial charge in [-0.3, -0.25) is 0 Å². The van der Waals surface area contributed by atoms with Gasteiger partial charge in [-0.25, -0.2) is 43.9 Å². The molecular formula is C26H12F10O2. The molecule has 0 aliphatic heterocycles. The summed E-state index contributed by atoms with van der Waals surface area (Å²) in [5, 5.41) is 23.8. The second-order valence-corrected chi connectivity index (χ2v) is 8.04. The SMILES string of the molecule is OC(c1ccccc1)(c1c(F)c(F)c(F)c(F)c1F)C(O)(c1ccccc1)c1c(F)c(F)c(F)c(F)c1F. The average Bonchev–Trinajstić information content (AvgIpc) is 2.93. The Bertz CT molecular complexity index is 1370. The molecule has 2 unspecified atom stereocenters. The number of benzene rings is 4. The standard InChI is InChI=1S/C26H12F10O2/c27-15-13(16(28)20(32)23(35)19(15)31)25(37,11-7-3-1-4-8-11)26(38,12-9-5-2-6-10-12)14-17(29)21(33)24(36)22(34)18(14)30/h1-10,37-38H. The predicted molar refractivity (Wildman–Crippen MR) is 111 cm³/mol. The van der Waals surface area contributed by atoms with Gasteiger partial charge >= 0.3 is 0 Å². The number of hydrogen-bond donors (Lipinski definition) is 2. The van der Waals surface area contributed by atoms with Crippen LogP contribution in [0, 0.1) is 58.2 Å². The molecule has 0 bridgehead atoms. The topological polar surface area (TPSA) is 40.5 Å². The highest BCUT2D eigenvalue weighted by molar-refractivity contribution is 5.52. The van der Waals surface area contributed by atoms with Crippen LogP contribution in [0.5, 0.6) is 0 Å². The first kappa shape index (κ1) is 27.1. The molecule has 4 aromatic rings. The van der Waals surface area contributed by atoms with Crippen LogP contribution in [0.3, 0.4) is 0 Å². The Labute approximate surface area is 207 Å². The second-order valence-electron chi connectivity index (χ2n) is 8.04. The van der Waals surface area contributed by atoms with Crippen molar-refractivity contribution in [2.45, 2.75) is 11.2 Å². The lowest BCUT2D eigenvalue weighted by Crippen LogP contribution is -2.53. The van der Waals surface area contributed by atoms with Crippen LogP contribution in [0.15, 0.2) is 60.7 Å². The van der Waals surface area contributed by atoms with E-state index in [4.69, 9.17) is 0 Å². The van der Waals surface area contributed by atoms with E-state index in [1.165, 1.54) is 12.1 Å². The minimum atomic E-state index is -4.11. The Balaban J connectivity index is 2.34. The van der Waals surface area contributed by atoms with E-state index < -0.39 is 91.6 Å². The number of halogens is 10. The van der Waals surface area contributed by atoms with Gasteiger partial charge in [0.05, 0.1) is 11.1 Å². The molecule has 0 spiro atoms. The van der Waals surface area contributed by atoms with Crippen molar-refractivity contribution in [1.82, 2.24) is 0 Å². The molecule has 2 N–H and O–H groups in total. The smallest absolute Gasteiger partial charge is 0.200 e. The lowest BCUT2D eigenvalue weighted by molar-refractivity contribution is -0.121. The maximum absolute atomic E-state index is 15.2. The van der Waals surface area contributed by atoms with E-state index in [0.29, 0.717) is 0 Å². The van der Waals surface area contributed by atoms with Gasteiger partial charge in [-0.1, -0.05) is 60.7 Å². The van der Waals surface area contributed by atoms with Gasteiger partial charge in [0.2, 0.25) is 11.6 Å². The van der Waals surface area contributed by atoms with E-state index in [9.17, 15) is 36.6 Å². The van der Waals surface area contributed by atoms with E-state index >= 15 is 17.6 Å². The Morgan fingerprint density at radius 3 is 0.789 bits per heavy atom. The van der Waals surface area contributed by atoms with Gasteiger partial charge < -0.3 is 10.2 Å². The molecular weight excluding hydrogens is 534 g/mol. The molecule has 0 radical (unpaired) electrons. The molecule has 0 amide bonds. The maximum atomic E-state index is 15.2. The maximum Gasteiger partial charge on any atom is 0.200 e. The summed E-state index contributed by atoms with van der Waals surface area (Å²) in [7, 11) is 0. The van der Waals surface area contributed by atoms with E-state index in [-0.39, 0.29) is 0 Å². The molecule has 4 rings (SSSR count). The summed E-state index contributed by atoms with van der Waals surface area (Å²) < 4.78 is 146. The van der Waals surface area contributed by atoms with Crippen LogP contribution in [-0.2, 0) is 11.2 Å². The molecule has 0 aliphatic carbocycles. The summed E-state index contributed by atoms with van der Waals surface area (Å²) in [5.74, 6) is -26.8. The van der Waals surface area contributed by atoms with Crippen molar-refractivity contribution >= 4 is 0 Å². The minimum Gasteiger partial charge on any atom is -0.376 e. The predicted octanol–water partition coefficient (Wildman–Crippen LogP) is 6.25. The summed E-state index contributed by atoms with van der Waals surface area (Å²) in [6.45, 7) is 0. The van der Waals surface area contributed by atoms with E-state index in [1.54, 1.807) is 0 Å². The van der Waals surface area contributed by atoms with Crippen LogP contribution in [0.4, 0.5) is 43.9 Å². The Morgan fingerprint density at radius 2 is 0.553 bits per heavy atom. The monoisotopic (exact) mass is 546 g/mol. The van der Waals surface area contributed by atoms with E-state index in [2.05, 4.69) is 0 Å². The molecule has 2 nitrogen and oxygen atoms in total. The number of hydrogen-bond acceptors (Lipinski definition) is 2. The minimum absolute atomic E-state index is 0.762. The third-order valence-corrected chi connectivity index (χ3v) is 6.05. The average molecular weight is 546 g/mol. The van der Waals surface area contributed by atoms with Crippen molar-refractivity contribution in [2.24, 2.45) is 0 Å². The van der Waals surface area contributed by atoms with Gasteiger partial charge in [-0.2, -0.15) is 0 Å². The van der Waals surface area contributed by atoms with E-state index in [0.717, 1.165) is 48.5 Å². The fraction of sp³-hybridized carbons (Fsp3) is 0.0769. The molecule has 0 saturated heterocycles. The zero-order chi connectivity index (χ0) is 28.2. The summed E-state index contributed by atoms with van der Waals surface area (Å²) in [6.07, 6.45) is 0. The van der Waals surface area contributed by atoms with Crippen LogP contribution in [0.2, 0.25) is 0 Å². The highest BCUT2D eigenvalue weighted by Gasteiger charge is 2.60. The highest BCUT2D eigenvalue weighted by Crippen LogP contribution is 2.53. The fourth-order valence-electron chi connectivity index (χ4n) is 4.27. The molecule has 2 atom stereocenters. The number of aliphatic hydroxyl groups is 2. The van der Waals surface area contributed by atoms with Crippen LogP contribution in [0.1, 0.15) is 22.3 Å². The van der Waals surface area contributed by atoms with Gasteiger partial charge in [0.25, 0.3) is 0 Å². The molecule has 0 aromatic heterocycles. The van der Waals surface area contributed by atoms with Crippen molar-refractivity contribution in [3.05, 3.63) is 141 Å². The van der Waals surface area contributed by atoms with Gasteiger partial charge in [-0.05, 0) is 11.1 Å². The first-order valence-electron chi connectivity index (χ1n) is 10.4. The van der Waals surface area contributed by atoms with E-state index in [1.807, 2.05) is 0 Å². The zero-order valence-corrected chi connectivity index (χ0v) is 18.4. The van der Waals surface area contributed by atoms with Crippen LogP contribution in [0.25, 0.3) is 0 Å². The largest absolute Gasteiger partial charge is 0.376 e. The molecule has 12 heteroatoms. The molecule has 4 aromatic carbocycles. The van der Waals surface area contributed by atoms with Crippen molar-refractivity contribution in [1.29, 1.82) is 0 Å².